The third-order valence-corrected chi connectivity index (χ3v) is 5.32. The second-order valence-corrected chi connectivity index (χ2v) is 6.43. The average molecular weight is 251 g/mol. The van der Waals surface area contributed by atoms with Gasteiger partial charge in [-0.3, -0.25) is 4.84 Å². The molecule has 0 radical (unpaired) electrons. The molecule has 0 saturated heterocycles. The highest BCUT2D eigenvalue weighted by molar-refractivity contribution is 6.60. The summed E-state index contributed by atoms with van der Waals surface area (Å²) in [6.45, 7) is 6.52. The van der Waals surface area contributed by atoms with E-state index in [9.17, 15) is 0 Å². The van der Waals surface area contributed by atoms with Gasteiger partial charge in [0.2, 0.25) is 0 Å². The molecule has 98 valence electrons. The monoisotopic (exact) mass is 251 g/mol. The number of hydroxylamine groups is 2. The maximum absolute atomic E-state index is 5.43. The van der Waals surface area contributed by atoms with Crippen molar-refractivity contribution in [2.24, 2.45) is 0 Å². The minimum atomic E-state index is -2.40. The maximum atomic E-state index is 5.43. The van der Waals surface area contributed by atoms with E-state index in [4.69, 9.17) is 18.1 Å². The molecule has 0 spiro atoms. The largest absolute Gasteiger partial charge is 0.500 e. The van der Waals surface area contributed by atoms with Gasteiger partial charge in [0.05, 0.1) is 6.61 Å². The van der Waals surface area contributed by atoms with Crippen molar-refractivity contribution < 1.29 is 18.1 Å². The van der Waals surface area contributed by atoms with E-state index in [1.165, 1.54) is 0 Å². The van der Waals surface area contributed by atoms with Gasteiger partial charge >= 0.3 is 8.80 Å². The average Bonchev–Trinajstić information content (AvgIpc) is 2.34. The Kier molecular flexibility index (Phi) is 9.10. The second kappa shape index (κ2) is 9.09. The molecule has 0 heterocycles. The summed E-state index contributed by atoms with van der Waals surface area (Å²) in [6.07, 6.45) is 0.940. The molecule has 0 aliphatic rings. The van der Waals surface area contributed by atoms with E-state index in [1.807, 2.05) is 12.0 Å². The fraction of sp³-hybridized carbons (Fsp3) is 1.00. The highest BCUT2D eigenvalue weighted by atomic mass is 28.4. The van der Waals surface area contributed by atoms with Crippen LogP contribution in [0.2, 0.25) is 6.04 Å². The van der Waals surface area contributed by atoms with E-state index in [0.717, 1.165) is 25.6 Å². The molecule has 0 fully saturated rings. The number of hydrogen-bond donors (Lipinski definition) is 0. The standard InChI is InChI=1S/C10H25NO4Si/c1-6-11(15-7-2)9-8-10-16(12-3,13-4)14-5/h6-10H2,1-5H3. The van der Waals surface area contributed by atoms with Crippen LogP contribution in [0.25, 0.3) is 0 Å². The van der Waals surface area contributed by atoms with Gasteiger partial charge in [0.15, 0.2) is 0 Å². The first kappa shape index (κ1) is 16.0. The number of hydrogen-bond acceptors (Lipinski definition) is 5. The Hall–Kier alpha value is 0.0169. The van der Waals surface area contributed by atoms with Gasteiger partial charge in [0.1, 0.15) is 0 Å². The van der Waals surface area contributed by atoms with E-state index in [1.54, 1.807) is 21.3 Å². The van der Waals surface area contributed by atoms with E-state index in [0.29, 0.717) is 6.61 Å². The lowest BCUT2D eigenvalue weighted by Crippen LogP contribution is -2.43. The number of rotatable bonds is 10. The Bertz CT molecular complexity index is 159. The van der Waals surface area contributed by atoms with Crippen molar-refractivity contribution in [1.29, 1.82) is 0 Å². The molecule has 5 nitrogen and oxygen atoms in total. The Balaban J connectivity index is 3.92. The fourth-order valence-electron chi connectivity index (χ4n) is 1.52. The Labute approximate surface area is 99.9 Å². The molecular formula is C10H25NO4Si. The molecule has 0 amide bonds. The highest BCUT2D eigenvalue weighted by Crippen LogP contribution is 2.15. The van der Waals surface area contributed by atoms with Crippen molar-refractivity contribution in [3.63, 3.8) is 0 Å². The van der Waals surface area contributed by atoms with Crippen LogP contribution >= 0.6 is 0 Å². The topological polar surface area (TPSA) is 40.2 Å². The third-order valence-electron chi connectivity index (χ3n) is 2.49. The molecule has 0 bridgehead atoms. The second-order valence-electron chi connectivity index (χ2n) is 3.34. The molecule has 0 aliphatic carbocycles. The van der Waals surface area contributed by atoms with Crippen LogP contribution in [0.3, 0.4) is 0 Å². The van der Waals surface area contributed by atoms with Crippen LogP contribution in [0.4, 0.5) is 0 Å². The Morgan fingerprint density at radius 1 is 1.00 bits per heavy atom. The summed E-state index contributed by atoms with van der Waals surface area (Å²) in [7, 11) is 2.51. The lowest BCUT2D eigenvalue weighted by Gasteiger charge is -2.25. The van der Waals surface area contributed by atoms with Crippen molar-refractivity contribution in [2.75, 3.05) is 41.0 Å². The lowest BCUT2D eigenvalue weighted by atomic mass is 10.5. The van der Waals surface area contributed by atoms with Gasteiger partial charge in [-0.2, -0.15) is 5.06 Å². The van der Waals surface area contributed by atoms with Gasteiger partial charge in [-0.15, -0.1) is 0 Å². The maximum Gasteiger partial charge on any atom is 0.500 e. The fourth-order valence-corrected chi connectivity index (χ4v) is 3.23. The predicted octanol–water partition coefficient (Wildman–Crippen LogP) is 1.53. The first-order chi connectivity index (χ1) is 7.67. The first-order valence-electron chi connectivity index (χ1n) is 5.71. The molecule has 0 N–H and O–H groups in total. The van der Waals surface area contributed by atoms with Gasteiger partial charge < -0.3 is 13.3 Å². The van der Waals surface area contributed by atoms with Gasteiger partial charge in [-0.1, -0.05) is 6.92 Å². The van der Waals surface area contributed by atoms with Gasteiger partial charge in [-0.25, -0.2) is 0 Å². The van der Waals surface area contributed by atoms with Crippen molar-refractivity contribution >= 4 is 8.80 Å². The highest BCUT2D eigenvalue weighted by Gasteiger charge is 2.36. The van der Waals surface area contributed by atoms with Gasteiger partial charge in [-0.05, 0) is 13.3 Å². The SMILES string of the molecule is CCON(CC)CCC[Si](OC)(OC)OC. The molecule has 0 atom stereocenters. The summed E-state index contributed by atoms with van der Waals surface area (Å²) >= 11 is 0. The quantitative estimate of drug-likeness (QED) is 0.435. The van der Waals surface area contributed by atoms with E-state index < -0.39 is 8.80 Å². The summed E-state index contributed by atoms with van der Waals surface area (Å²) in [5, 5.41) is 1.94. The molecule has 6 heteroatoms. The molecule has 16 heavy (non-hydrogen) atoms. The van der Waals surface area contributed by atoms with Gasteiger partial charge in [0, 0.05) is 40.5 Å². The molecule has 0 aromatic heterocycles. The van der Waals surface area contributed by atoms with E-state index >= 15 is 0 Å². The lowest BCUT2D eigenvalue weighted by molar-refractivity contribution is -0.151. The molecule has 0 rings (SSSR count). The van der Waals surface area contributed by atoms with Crippen LogP contribution < -0.4 is 0 Å². The van der Waals surface area contributed by atoms with Crippen molar-refractivity contribution in [3.8, 4) is 0 Å². The van der Waals surface area contributed by atoms with Crippen LogP contribution in [0, 0.1) is 0 Å². The summed E-state index contributed by atoms with van der Waals surface area (Å²) < 4.78 is 16.0. The minimum Gasteiger partial charge on any atom is -0.377 e. The number of nitrogens with zero attached hydrogens (tertiary/aromatic N) is 1. The van der Waals surface area contributed by atoms with Crippen LogP contribution in [-0.4, -0.2) is 54.9 Å². The Morgan fingerprint density at radius 2 is 1.56 bits per heavy atom. The van der Waals surface area contributed by atoms with Crippen LogP contribution in [-0.2, 0) is 18.1 Å². The van der Waals surface area contributed by atoms with E-state index in [2.05, 4.69) is 6.92 Å². The van der Waals surface area contributed by atoms with Crippen LogP contribution in [0.15, 0.2) is 0 Å². The zero-order valence-corrected chi connectivity index (χ0v) is 12.1. The van der Waals surface area contributed by atoms with Crippen molar-refractivity contribution in [2.45, 2.75) is 26.3 Å². The molecule has 0 unspecified atom stereocenters. The molecular weight excluding hydrogens is 226 g/mol. The molecule has 0 saturated carbocycles. The zero-order valence-electron chi connectivity index (χ0n) is 11.1. The summed E-state index contributed by atoms with van der Waals surface area (Å²) in [6, 6.07) is 0.806. The predicted molar refractivity (Wildman–Crippen MR) is 65.1 cm³/mol. The Morgan fingerprint density at radius 3 is 1.94 bits per heavy atom. The molecule has 0 aromatic carbocycles. The van der Waals surface area contributed by atoms with Crippen LogP contribution in [0.1, 0.15) is 20.3 Å². The summed E-state index contributed by atoms with van der Waals surface area (Å²) in [4.78, 5) is 5.43. The molecule has 0 aliphatic heterocycles. The van der Waals surface area contributed by atoms with Gasteiger partial charge in [0.25, 0.3) is 0 Å². The van der Waals surface area contributed by atoms with Crippen LogP contribution in [0.5, 0.6) is 0 Å². The first-order valence-corrected chi connectivity index (χ1v) is 7.64. The third kappa shape index (κ3) is 5.38. The van der Waals surface area contributed by atoms with E-state index in [-0.39, 0.29) is 0 Å². The summed E-state index contributed by atoms with van der Waals surface area (Å²) in [5.74, 6) is 0. The minimum absolute atomic E-state index is 0.704. The smallest absolute Gasteiger partial charge is 0.377 e. The summed E-state index contributed by atoms with van der Waals surface area (Å²) in [5.41, 5.74) is 0. The molecule has 0 aromatic rings. The van der Waals surface area contributed by atoms with Crippen molar-refractivity contribution in [3.05, 3.63) is 0 Å². The zero-order chi connectivity index (χ0) is 12.4. The normalized spacial score (nSPS) is 12.4. The van der Waals surface area contributed by atoms with Crippen molar-refractivity contribution in [1.82, 2.24) is 5.06 Å².